The molecule has 0 aliphatic carbocycles. The summed E-state index contributed by atoms with van der Waals surface area (Å²) >= 11 is 0. The van der Waals surface area contributed by atoms with E-state index in [0.717, 1.165) is 17.7 Å². The number of nitrogens with one attached hydrogen (secondary N) is 1. The summed E-state index contributed by atoms with van der Waals surface area (Å²) in [6.45, 7) is 6.96. The second-order valence-corrected chi connectivity index (χ2v) is 5.50. The highest BCUT2D eigenvalue weighted by molar-refractivity contribution is 5.31. The highest BCUT2D eigenvalue weighted by atomic mass is 16.5. The van der Waals surface area contributed by atoms with Gasteiger partial charge < -0.3 is 20.3 Å². The van der Waals surface area contributed by atoms with Crippen LogP contribution in [0.5, 0.6) is 5.75 Å². The normalized spacial score (nSPS) is 15.7. The zero-order valence-electron chi connectivity index (χ0n) is 12.7. The average molecular weight is 281 g/mol. The van der Waals surface area contributed by atoms with Gasteiger partial charge >= 0.3 is 0 Å². The predicted molar refractivity (Wildman–Crippen MR) is 81.1 cm³/mol. The van der Waals surface area contributed by atoms with E-state index in [9.17, 15) is 5.11 Å². The highest BCUT2D eigenvalue weighted by Gasteiger charge is 2.21. The lowest BCUT2D eigenvalue weighted by atomic mass is 9.95. The van der Waals surface area contributed by atoms with Crippen molar-refractivity contribution in [1.29, 1.82) is 0 Å². The van der Waals surface area contributed by atoms with Crippen molar-refractivity contribution in [2.24, 2.45) is 0 Å². The molecular weight excluding hydrogens is 254 g/mol. The topological polar surface area (TPSA) is 61.7 Å². The van der Waals surface area contributed by atoms with Gasteiger partial charge in [-0.25, -0.2) is 0 Å². The van der Waals surface area contributed by atoms with E-state index in [1.54, 1.807) is 0 Å². The third-order valence-electron chi connectivity index (χ3n) is 3.73. The maximum atomic E-state index is 9.98. The van der Waals surface area contributed by atoms with Gasteiger partial charge in [0.05, 0.1) is 0 Å². The van der Waals surface area contributed by atoms with E-state index in [-0.39, 0.29) is 18.8 Å². The van der Waals surface area contributed by atoms with Crippen LogP contribution in [0.4, 0.5) is 0 Å². The molecule has 4 nitrogen and oxygen atoms in total. The summed E-state index contributed by atoms with van der Waals surface area (Å²) in [6.07, 6.45) is 1.01. The first kappa shape index (κ1) is 17.0. The number of aryl methyl sites for hydroxylation is 1. The summed E-state index contributed by atoms with van der Waals surface area (Å²) in [4.78, 5) is 0. The van der Waals surface area contributed by atoms with E-state index < -0.39 is 6.10 Å². The Morgan fingerprint density at radius 3 is 2.65 bits per heavy atom. The predicted octanol–water partition coefficient (Wildman–Crippen LogP) is 1.88. The van der Waals surface area contributed by atoms with Gasteiger partial charge in [0.15, 0.2) is 0 Å². The van der Waals surface area contributed by atoms with E-state index >= 15 is 0 Å². The lowest BCUT2D eigenvalue weighted by Gasteiger charge is -2.30. The van der Waals surface area contributed by atoms with Crippen LogP contribution in [0.15, 0.2) is 24.3 Å². The molecule has 0 amide bonds. The Labute approximate surface area is 121 Å². The lowest BCUT2D eigenvalue weighted by Crippen LogP contribution is -2.47. The molecule has 0 radical (unpaired) electrons. The first-order chi connectivity index (χ1) is 9.50. The number of aliphatic hydroxyl groups excluding tert-OH is 2. The molecule has 2 atom stereocenters. The second-order valence-electron chi connectivity index (χ2n) is 5.50. The van der Waals surface area contributed by atoms with E-state index in [1.165, 1.54) is 0 Å². The molecule has 114 valence electrons. The minimum Gasteiger partial charge on any atom is -0.491 e. The van der Waals surface area contributed by atoms with Gasteiger partial charge in [0, 0.05) is 18.7 Å². The Hall–Kier alpha value is -1.10. The fourth-order valence-corrected chi connectivity index (χ4v) is 1.96. The van der Waals surface area contributed by atoms with Gasteiger partial charge in [-0.3, -0.25) is 0 Å². The van der Waals surface area contributed by atoms with Crippen LogP contribution in [0, 0.1) is 6.92 Å². The number of aliphatic hydroxyl groups is 2. The van der Waals surface area contributed by atoms with Crippen LogP contribution in [-0.4, -0.2) is 41.6 Å². The minimum absolute atomic E-state index is 0.140. The first-order valence-corrected chi connectivity index (χ1v) is 7.23. The Morgan fingerprint density at radius 2 is 2.05 bits per heavy atom. The van der Waals surface area contributed by atoms with E-state index in [1.807, 2.05) is 31.2 Å². The molecule has 0 bridgehead atoms. The van der Waals surface area contributed by atoms with E-state index in [4.69, 9.17) is 9.84 Å². The zero-order valence-corrected chi connectivity index (χ0v) is 12.7. The van der Waals surface area contributed by atoms with Crippen LogP contribution in [0.3, 0.4) is 0 Å². The number of ether oxygens (including phenoxy) is 1. The number of para-hydroxylation sites is 1. The molecule has 0 fully saturated rings. The molecule has 0 aliphatic heterocycles. The largest absolute Gasteiger partial charge is 0.491 e. The molecule has 1 rings (SSSR count). The van der Waals surface area contributed by atoms with Crippen molar-refractivity contribution >= 4 is 0 Å². The van der Waals surface area contributed by atoms with E-state index in [0.29, 0.717) is 13.0 Å². The number of hydrogen-bond acceptors (Lipinski definition) is 4. The average Bonchev–Trinajstić information content (AvgIpc) is 2.44. The van der Waals surface area contributed by atoms with Crippen molar-refractivity contribution in [2.75, 3.05) is 19.8 Å². The molecule has 0 saturated heterocycles. The minimum atomic E-state index is -0.570. The van der Waals surface area contributed by atoms with Crippen LogP contribution < -0.4 is 10.1 Å². The molecule has 20 heavy (non-hydrogen) atoms. The fraction of sp³-hybridized carbons (Fsp3) is 0.625. The molecule has 2 unspecified atom stereocenters. The van der Waals surface area contributed by atoms with Crippen LogP contribution >= 0.6 is 0 Å². The van der Waals surface area contributed by atoms with Crippen molar-refractivity contribution in [1.82, 2.24) is 5.32 Å². The van der Waals surface area contributed by atoms with Gasteiger partial charge in [-0.1, -0.05) is 25.1 Å². The second kappa shape index (κ2) is 8.25. The summed E-state index contributed by atoms with van der Waals surface area (Å²) in [5.74, 6) is 0.806. The maximum absolute atomic E-state index is 9.98. The van der Waals surface area contributed by atoms with Gasteiger partial charge in [-0.2, -0.15) is 0 Å². The molecule has 3 N–H and O–H groups in total. The van der Waals surface area contributed by atoms with Gasteiger partial charge in [-0.15, -0.1) is 0 Å². The first-order valence-electron chi connectivity index (χ1n) is 7.23. The molecule has 0 spiro atoms. The maximum Gasteiger partial charge on any atom is 0.122 e. The summed E-state index contributed by atoms with van der Waals surface area (Å²) in [5, 5.41) is 22.3. The summed E-state index contributed by atoms with van der Waals surface area (Å²) in [7, 11) is 0. The molecule has 1 aromatic carbocycles. The Balaban J connectivity index is 2.37. The summed E-state index contributed by atoms with van der Waals surface area (Å²) in [6, 6.07) is 7.76. The molecule has 0 aromatic heterocycles. The Morgan fingerprint density at radius 1 is 1.35 bits per heavy atom. The standard InChI is InChI=1S/C16H27NO3/c1-4-16(3,9-10-18)17-11-14(19)12-20-15-8-6-5-7-13(15)2/h5-8,14,17-19H,4,9-12H2,1-3H3. The molecular formula is C16H27NO3. The van der Waals surface area contributed by atoms with E-state index in [2.05, 4.69) is 19.2 Å². The number of benzene rings is 1. The van der Waals surface area contributed by atoms with Crippen molar-refractivity contribution in [3.63, 3.8) is 0 Å². The summed E-state index contributed by atoms with van der Waals surface area (Å²) < 4.78 is 5.62. The van der Waals surface area contributed by atoms with Gasteiger partial charge in [0.1, 0.15) is 18.5 Å². The monoisotopic (exact) mass is 281 g/mol. The smallest absolute Gasteiger partial charge is 0.122 e. The van der Waals surface area contributed by atoms with Crippen molar-refractivity contribution in [2.45, 2.75) is 45.3 Å². The quantitative estimate of drug-likeness (QED) is 0.647. The van der Waals surface area contributed by atoms with Crippen molar-refractivity contribution in [3.05, 3.63) is 29.8 Å². The van der Waals surface area contributed by atoms with Crippen LogP contribution in [0.1, 0.15) is 32.3 Å². The van der Waals surface area contributed by atoms with Crippen LogP contribution in [0.2, 0.25) is 0 Å². The van der Waals surface area contributed by atoms with Crippen molar-refractivity contribution < 1.29 is 14.9 Å². The number of rotatable bonds is 9. The van der Waals surface area contributed by atoms with Gasteiger partial charge in [-0.05, 0) is 38.3 Å². The third kappa shape index (κ3) is 5.49. The molecule has 0 aliphatic rings. The van der Waals surface area contributed by atoms with Gasteiger partial charge in [0.2, 0.25) is 0 Å². The third-order valence-corrected chi connectivity index (χ3v) is 3.73. The van der Waals surface area contributed by atoms with Crippen molar-refractivity contribution in [3.8, 4) is 5.75 Å². The SMILES string of the molecule is CCC(C)(CCO)NCC(O)COc1ccccc1C. The zero-order chi connectivity index (χ0) is 15.0. The summed E-state index contributed by atoms with van der Waals surface area (Å²) in [5.41, 5.74) is 0.921. The van der Waals surface area contributed by atoms with Crippen LogP contribution in [0.25, 0.3) is 0 Å². The lowest BCUT2D eigenvalue weighted by molar-refractivity contribution is 0.0931. The molecule has 1 aromatic rings. The van der Waals surface area contributed by atoms with Crippen LogP contribution in [-0.2, 0) is 0 Å². The fourth-order valence-electron chi connectivity index (χ4n) is 1.96. The number of β-amino-alcohol motifs (C(OH)–C–C–N with tert-alkyl or cyclic N) is 1. The molecule has 4 heteroatoms. The number of hydrogen-bond donors (Lipinski definition) is 3. The highest BCUT2D eigenvalue weighted by Crippen LogP contribution is 2.17. The Kier molecular flexibility index (Phi) is 6.99. The Bertz CT molecular complexity index is 397. The molecule has 0 saturated carbocycles. The van der Waals surface area contributed by atoms with Gasteiger partial charge in [0.25, 0.3) is 0 Å². The molecule has 0 heterocycles.